The molecule has 14 heavy (non-hydrogen) atoms. The predicted octanol–water partition coefficient (Wildman–Crippen LogP) is 1.70. The molecule has 0 aromatic heterocycles. The molecule has 0 aromatic rings. The number of rotatable bonds is 0. The van der Waals surface area contributed by atoms with Gasteiger partial charge in [0.2, 0.25) is 0 Å². The average molecular weight is 192 g/mol. The van der Waals surface area contributed by atoms with E-state index >= 15 is 0 Å². The number of carbonyl (C=O) groups is 1. The van der Waals surface area contributed by atoms with Crippen molar-refractivity contribution in [1.82, 2.24) is 0 Å². The molecule has 76 valence electrons. The molecule has 0 radical (unpaired) electrons. The van der Waals surface area contributed by atoms with Crippen molar-refractivity contribution in [1.29, 1.82) is 0 Å². The molecule has 0 amide bonds. The number of carbonyl (C=O) groups excluding carboxylic acids is 1. The molecule has 2 nitrogen and oxygen atoms in total. The summed E-state index contributed by atoms with van der Waals surface area (Å²) < 4.78 is 0. The second kappa shape index (κ2) is 3.06. The number of fused-ring (bicyclic) bond motifs is 1. The van der Waals surface area contributed by atoms with E-state index in [1.807, 2.05) is 6.08 Å². The predicted molar refractivity (Wildman–Crippen MR) is 54.7 cm³/mol. The third-order valence-electron chi connectivity index (χ3n) is 3.59. The van der Waals surface area contributed by atoms with Crippen molar-refractivity contribution in [3.8, 4) is 0 Å². The maximum absolute atomic E-state index is 11.4. The smallest absolute Gasteiger partial charge is 0.184 e. The molecule has 0 fully saturated rings. The molecule has 0 saturated carbocycles. The Kier molecular flexibility index (Phi) is 2.11. The van der Waals surface area contributed by atoms with Crippen LogP contribution in [0.5, 0.6) is 0 Å². The van der Waals surface area contributed by atoms with E-state index in [1.165, 1.54) is 6.08 Å². The van der Waals surface area contributed by atoms with E-state index in [4.69, 9.17) is 0 Å². The topological polar surface area (TPSA) is 37.3 Å². The lowest BCUT2D eigenvalue weighted by Crippen LogP contribution is -2.46. The highest BCUT2D eigenvalue weighted by atomic mass is 16.3. The van der Waals surface area contributed by atoms with Gasteiger partial charge < -0.3 is 5.11 Å². The Labute approximate surface area is 84.3 Å². The van der Waals surface area contributed by atoms with Crippen LogP contribution in [0.15, 0.2) is 24.3 Å². The third-order valence-corrected chi connectivity index (χ3v) is 3.59. The molecule has 2 rings (SSSR count). The Morgan fingerprint density at radius 2 is 2.29 bits per heavy atom. The first kappa shape index (κ1) is 9.66. The van der Waals surface area contributed by atoms with E-state index in [2.05, 4.69) is 26.0 Å². The summed E-state index contributed by atoms with van der Waals surface area (Å²) in [6.45, 7) is 4.18. The highest BCUT2D eigenvalue weighted by Crippen LogP contribution is 2.46. The van der Waals surface area contributed by atoms with E-state index < -0.39 is 6.10 Å². The molecule has 0 aliphatic heterocycles. The Bertz CT molecular complexity index is 316. The Hall–Kier alpha value is -0.890. The first-order chi connectivity index (χ1) is 6.54. The van der Waals surface area contributed by atoms with Crippen LogP contribution in [0.25, 0.3) is 0 Å². The summed E-state index contributed by atoms with van der Waals surface area (Å²) in [5, 5.41) is 9.87. The molecule has 1 unspecified atom stereocenters. The van der Waals surface area contributed by atoms with Gasteiger partial charge in [-0.1, -0.05) is 32.1 Å². The molecule has 2 aliphatic carbocycles. The molecule has 2 heteroatoms. The maximum atomic E-state index is 11.4. The first-order valence-electron chi connectivity index (χ1n) is 5.12. The largest absolute Gasteiger partial charge is 0.385 e. The summed E-state index contributed by atoms with van der Waals surface area (Å²) in [6, 6.07) is 0. The second-order valence-electron chi connectivity index (χ2n) is 4.70. The van der Waals surface area contributed by atoms with Crippen LogP contribution < -0.4 is 0 Å². The molecule has 1 N–H and O–H groups in total. The lowest BCUT2D eigenvalue weighted by Gasteiger charge is -2.44. The van der Waals surface area contributed by atoms with Crippen molar-refractivity contribution in [2.24, 2.45) is 17.3 Å². The van der Waals surface area contributed by atoms with Gasteiger partial charge in [0.05, 0.1) is 0 Å². The number of hydrogen-bond donors (Lipinski definition) is 1. The van der Waals surface area contributed by atoms with Crippen molar-refractivity contribution in [2.45, 2.75) is 26.4 Å². The van der Waals surface area contributed by atoms with Gasteiger partial charge in [-0.2, -0.15) is 0 Å². The Morgan fingerprint density at radius 1 is 1.57 bits per heavy atom. The molecule has 0 aromatic carbocycles. The number of ketones is 1. The van der Waals surface area contributed by atoms with Gasteiger partial charge in [-0.25, -0.2) is 0 Å². The van der Waals surface area contributed by atoms with Crippen LogP contribution in [0.1, 0.15) is 20.3 Å². The molecular weight excluding hydrogens is 176 g/mol. The molecular formula is C12H16O2. The van der Waals surface area contributed by atoms with Gasteiger partial charge in [-0.15, -0.1) is 0 Å². The SMILES string of the molecule is C[C@@H]1C=CC[C@]2(C)C=CC(=O)C(O)[C@@H]12. The van der Waals surface area contributed by atoms with Gasteiger partial charge in [0.15, 0.2) is 5.78 Å². The maximum Gasteiger partial charge on any atom is 0.184 e. The van der Waals surface area contributed by atoms with Gasteiger partial charge in [-0.05, 0) is 23.8 Å². The van der Waals surface area contributed by atoms with E-state index in [-0.39, 0.29) is 23.0 Å². The van der Waals surface area contributed by atoms with Crippen molar-refractivity contribution in [3.05, 3.63) is 24.3 Å². The zero-order valence-electron chi connectivity index (χ0n) is 8.60. The molecule has 0 spiro atoms. The quantitative estimate of drug-likeness (QED) is 0.593. The van der Waals surface area contributed by atoms with Crippen molar-refractivity contribution >= 4 is 5.78 Å². The first-order valence-corrected chi connectivity index (χ1v) is 5.12. The zero-order chi connectivity index (χ0) is 10.3. The minimum atomic E-state index is -0.815. The summed E-state index contributed by atoms with van der Waals surface area (Å²) in [5.74, 6) is 0.178. The fourth-order valence-electron chi connectivity index (χ4n) is 2.77. The van der Waals surface area contributed by atoms with Crippen molar-refractivity contribution in [3.63, 3.8) is 0 Å². The van der Waals surface area contributed by atoms with Crippen LogP contribution >= 0.6 is 0 Å². The minimum absolute atomic E-state index is 0.0402. The van der Waals surface area contributed by atoms with Crippen LogP contribution in [-0.2, 0) is 4.79 Å². The fourth-order valence-corrected chi connectivity index (χ4v) is 2.77. The van der Waals surface area contributed by atoms with Crippen molar-refractivity contribution < 1.29 is 9.90 Å². The summed E-state index contributed by atoms with van der Waals surface area (Å²) in [6.07, 6.45) is 7.85. The van der Waals surface area contributed by atoms with Gasteiger partial charge in [0.1, 0.15) is 6.10 Å². The molecule has 0 saturated heterocycles. The number of allylic oxidation sites excluding steroid dienone is 3. The zero-order valence-corrected chi connectivity index (χ0v) is 8.60. The van der Waals surface area contributed by atoms with Crippen LogP contribution in [0.2, 0.25) is 0 Å². The minimum Gasteiger partial charge on any atom is -0.385 e. The average Bonchev–Trinajstić information content (AvgIpc) is 2.12. The number of aliphatic hydroxyl groups is 1. The lowest BCUT2D eigenvalue weighted by atomic mass is 9.61. The van der Waals surface area contributed by atoms with Gasteiger partial charge in [-0.3, -0.25) is 4.79 Å². The lowest BCUT2D eigenvalue weighted by molar-refractivity contribution is -0.130. The highest BCUT2D eigenvalue weighted by molar-refractivity contribution is 5.94. The Morgan fingerprint density at radius 3 is 3.00 bits per heavy atom. The molecule has 0 heterocycles. The standard InChI is InChI=1S/C12H16O2/c1-8-4-3-6-12(2)7-5-9(13)11(14)10(8)12/h3-5,7-8,10-11,14H,6H2,1-2H3/t8-,10-,11?,12-/m1/s1. The number of hydrogen-bond acceptors (Lipinski definition) is 2. The van der Waals surface area contributed by atoms with Crippen LogP contribution in [-0.4, -0.2) is 17.0 Å². The van der Waals surface area contributed by atoms with E-state index in [9.17, 15) is 9.90 Å². The fraction of sp³-hybridized carbons (Fsp3) is 0.583. The summed E-state index contributed by atoms with van der Waals surface area (Å²) in [4.78, 5) is 11.4. The third kappa shape index (κ3) is 1.25. The van der Waals surface area contributed by atoms with E-state index in [0.717, 1.165) is 6.42 Å². The van der Waals surface area contributed by atoms with E-state index in [1.54, 1.807) is 0 Å². The summed E-state index contributed by atoms with van der Waals surface area (Å²) >= 11 is 0. The highest BCUT2D eigenvalue weighted by Gasteiger charge is 2.45. The van der Waals surface area contributed by atoms with Crippen LogP contribution in [0.4, 0.5) is 0 Å². The summed E-state index contributed by atoms with van der Waals surface area (Å²) in [5.41, 5.74) is -0.0402. The van der Waals surface area contributed by atoms with Crippen molar-refractivity contribution in [2.75, 3.05) is 0 Å². The van der Waals surface area contributed by atoms with Crippen LogP contribution in [0, 0.1) is 17.3 Å². The summed E-state index contributed by atoms with van der Waals surface area (Å²) in [7, 11) is 0. The molecule has 4 atom stereocenters. The van der Waals surface area contributed by atoms with Gasteiger partial charge >= 0.3 is 0 Å². The van der Waals surface area contributed by atoms with Gasteiger partial charge in [0, 0.05) is 5.92 Å². The normalized spacial score (nSPS) is 46.5. The van der Waals surface area contributed by atoms with Gasteiger partial charge in [0.25, 0.3) is 0 Å². The van der Waals surface area contributed by atoms with E-state index in [0.29, 0.717) is 0 Å². The van der Waals surface area contributed by atoms with Crippen LogP contribution in [0.3, 0.4) is 0 Å². The molecule has 2 aliphatic rings. The Balaban J connectivity index is 2.42. The monoisotopic (exact) mass is 192 g/mol. The number of aliphatic hydroxyl groups excluding tert-OH is 1. The second-order valence-corrected chi connectivity index (χ2v) is 4.70. The molecule has 0 bridgehead atoms.